The fraction of sp³-hybridized carbons (Fsp3) is 0.188. The Bertz CT molecular complexity index is 701. The van der Waals surface area contributed by atoms with Gasteiger partial charge in [-0.1, -0.05) is 18.2 Å². The second kappa shape index (κ2) is 5.52. The van der Waals surface area contributed by atoms with Crippen molar-refractivity contribution in [1.29, 1.82) is 0 Å². The van der Waals surface area contributed by atoms with Gasteiger partial charge in [0.2, 0.25) is 5.91 Å². The van der Waals surface area contributed by atoms with E-state index in [1.807, 2.05) is 0 Å². The lowest BCUT2D eigenvalue weighted by Crippen LogP contribution is -2.19. The first-order chi connectivity index (χ1) is 10.1. The van der Waals surface area contributed by atoms with Crippen molar-refractivity contribution in [3.8, 4) is 0 Å². The number of carbonyl (C=O) groups is 1. The van der Waals surface area contributed by atoms with Gasteiger partial charge >= 0.3 is 0 Å². The number of hydrogen-bond acceptors (Lipinski definition) is 2. The molecule has 0 spiro atoms. The van der Waals surface area contributed by atoms with Gasteiger partial charge in [0.1, 0.15) is 11.6 Å². The SMILES string of the molecule is O=C1CCc2cc(F)c(NCc3ccccc3F)cc2N1. The number of carbonyl (C=O) groups excluding carboxylic acids is 1. The van der Waals surface area contributed by atoms with Gasteiger partial charge in [0.15, 0.2) is 0 Å². The quantitative estimate of drug-likeness (QED) is 0.908. The first-order valence-corrected chi connectivity index (χ1v) is 6.73. The summed E-state index contributed by atoms with van der Waals surface area (Å²) in [4.78, 5) is 11.4. The van der Waals surface area contributed by atoms with Gasteiger partial charge in [0, 0.05) is 24.2 Å². The number of aryl methyl sites for hydroxylation is 1. The number of halogens is 2. The third-order valence-corrected chi connectivity index (χ3v) is 3.52. The molecule has 3 nitrogen and oxygen atoms in total. The minimum Gasteiger partial charge on any atom is -0.378 e. The smallest absolute Gasteiger partial charge is 0.224 e. The second-order valence-corrected chi connectivity index (χ2v) is 4.98. The maximum atomic E-state index is 14.0. The molecule has 0 radical (unpaired) electrons. The molecular weight excluding hydrogens is 274 g/mol. The highest BCUT2D eigenvalue weighted by Gasteiger charge is 2.17. The Labute approximate surface area is 121 Å². The van der Waals surface area contributed by atoms with Gasteiger partial charge < -0.3 is 10.6 Å². The van der Waals surface area contributed by atoms with Crippen molar-refractivity contribution in [2.75, 3.05) is 10.6 Å². The summed E-state index contributed by atoms with van der Waals surface area (Å²) in [7, 11) is 0. The van der Waals surface area contributed by atoms with E-state index in [0.717, 1.165) is 5.56 Å². The van der Waals surface area contributed by atoms with E-state index in [1.165, 1.54) is 12.1 Å². The first kappa shape index (κ1) is 13.5. The van der Waals surface area contributed by atoms with Crippen LogP contribution in [0.5, 0.6) is 0 Å². The van der Waals surface area contributed by atoms with E-state index in [0.29, 0.717) is 24.1 Å². The topological polar surface area (TPSA) is 41.1 Å². The van der Waals surface area contributed by atoms with Crippen LogP contribution in [0, 0.1) is 11.6 Å². The maximum Gasteiger partial charge on any atom is 0.224 e. The van der Waals surface area contributed by atoms with E-state index in [9.17, 15) is 13.6 Å². The zero-order valence-corrected chi connectivity index (χ0v) is 11.2. The monoisotopic (exact) mass is 288 g/mol. The number of nitrogens with one attached hydrogen (secondary N) is 2. The normalized spacial score (nSPS) is 13.5. The van der Waals surface area contributed by atoms with Gasteiger partial charge in [-0.15, -0.1) is 0 Å². The minimum absolute atomic E-state index is 0.0749. The van der Waals surface area contributed by atoms with Crippen LogP contribution < -0.4 is 10.6 Å². The fourth-order valence-corrected chi connectivity index (χ4v) is 2.37. The predicted molar refractivity (Wildman–Crippen MR) is 77.1 cm³/mol. The van der Waals surface area contributed by atoms with Crippen LogP contribution in [-0.2, 0) is 17.8 Å². The number of hydrogen-bond donors (Lipinski definition) is 2. The molecule has 108 valence electrons. The molecule has 0 aliphatic carbocycles. The van der Waals surface area contributed by atoms with Gasteiger partial charge in [-0.3, -0.25) is 4.79 Å². The molecule has 1 amide bonds. The number of rotatable bonds is 3. The average Bonchev–Trinajstić information content (AvgIpc) is 2.47. The highest BCUT2D eigenvalue weighted by atomic mass is 19.1. The van der Waals surface area contributed by atoms with Crippen molar-refractivity contribution in [3.63, 3.8) is 0 Å². The fourth-order valence-electron chi connectivity index (χ4n) is 2.37. The van der Waals surface area contributed by atoms with Gasteiger partial charge in [-0.2, -0.15) is 0 Å². The van der Waals surface area contributed by atoms with Gasteiger partial charge in [-0.25, -0.2) is 8.78 Å². The number of benzene rings is 2. The van der Waals surface area contributed by atoms with Crippen molar-refractivity contribution in [2.24, 2.45) is 0 Å². The van der Waals surface area contributed by atoms with Crippen molar-refractivity contribution < 1.29 is 13.6 Å². The van der Waals surface area contributed by atoms with E-state index in [1.54, 1.807) is 24.3 Å². The van der Waals surface area contributed by atoms with Crippen LogP contribution in [-0.4, -0.2) is 5.91 Å². The van der Waals surface area contributed by atoms with E-state index in [-0.39, 0.29) is 24.0 Å². The molecule has 0 atom stereocenters. The van der Waals surface area contributed by atoms with E-state index in [4.69, 9.17) is 0 Å². The summed E-state index contributed by atoms with van der Waals surface area (Å²) in [6, 6.07) is 9.30. The lowest BCUT2D eigenvalue weighted by atomic mass is 10.0. The summed E-state index contributed by atoms with van der Waals surface area (Å²) in [5, 5.41) is 5.59. The Kier molecular flexibility index (Phi) is 3.56. The molecule has 0 saturated heterocycles. The van der Waals surface area contributed by atoms with Crippen LogP contribution in [0.2, 0.25) is 0 Å². The van der Waals surface area contributed by atoms with E-state index >= 15 is 0 Å². The Morgan fingerprint density at radius 2 is 1.90 bits per heavy atom. The molecular formula is C16H14F2N2O. The molecule has 2 aromatic carbocycles. The number of anilines is 2. The number of fused-ring (bicyclic) bond motifs is 1. The predicted octanol–water partition coefficient (Wildman–Crippen LogP) is 3.46. The summed E-state index contributed by atoms with van der Waals surface area (Å²) in [5.74, 6) is -0.813. The average molecular weight is 288 g/mol. The van der Waals surface area contributed by atoms with Crippen molar-refractivity contribution in [2.45, 2.75) is 19.4 Å². The van der Waals surface area contributed by atoms with Crippen LogP contribution >= 0.6 is 0 Å². The Hall–Kier alpha value is -2.43. The van der Waals surface area contributed by atoms with Crippen molar-refractivity contribution in [3.05, 3.63) is 59.2 Å². The zero-order valence-electron chi connectivity index (χ0n) is 11.2. The van der Waals surface area contributed by atoms with E-state index < -0.39 is 5.82 Å². The summed E-state index contributed by atoms with van der Waals surface area (Å²) in [6.45, 7) is 0.177. The second-order valence-electron chi connectivity index (χ2n) is 4.98. The van der Waals surface area contributed by atoms with Gasteiger partial charge in [0.25, 0.3) is 0 Å². The highest BCUT2D eigenvalue weighted by molar-refractivity contribution is 5.94. The maximum absolute atomic E-state index is 14.0. The van der Waals surface area contributed by atoms with Gasteiger partial charge in [-0.05, 0) is 30.2 Å². The Morgan fingerprint density at radius 1 is 1.10 bits per heavy atom. The van der Waals surface area contributed by atoms with Crippen molar-refractivity contribution >= 4 is 17.3 Å². The third-order valence-electron chi connectivity index (χ3n) is 3.52. The largest absolute Gasteiger partial charge is 0.378 e. The van der Waals surface area contributed by atoms with Gasteiger partial charge in [0.05, 0.1) is 5.69 Å². The molecule has 0 fully saturated rings. The number of amides is 1. The highest BCUT2D eigenvalue weighted by Crippen LogP contribution is 2.29. The molecule has 0 saturated carbocycles. The lowest BCUT2D eigenvalue weighted by Gasteiger charge is -2.19. The minimum atomic E-state index is -0.402. The molecule has 2 N–H and O–H groups in total. The van der Waals surface area contributed by atoms with Crippen molar-refractivity contribution in [1.82, 2.24) is 0 Å². The van der Waals surface area contributed by atoms with Crippen LogP contribution in [0.1, 0.15) is 17.5 Å². The first-order valence-electron chi connectivity index (χ1n) is 6.73. The molecule has 1 aliphatic rings. The summed E-state index contributed by atoms with van der Waals surface area (Å²) in [6.07, 6.45) is 0.903. The summed E-state index contributed by atoms with van der Waals surface area (Å²) >= 11 is 0. The Balaban J connectivity index is 1.81. The molecule has 1 heterocycles. The molecule has 2 aromatic rings. The van der Waals surface area contributed by atoms with Crippen LogP contribution in [0.15, 0.2) is 36.4 Å². The molecule has 3 rings (SSSR count). The lowest BCUT2D eigenvalue weighted by molar-refractivity contribution is -0.116. The van der Waals surface area contributed by atoms with E-state index in [2.05, 4.69) is 10.6 Å². The molecule has 0 aromatic heterocycles. The Morgan fingerprint density at radius 3 is 2.71 bits per heavy atom. The summed E-state index contributed by atoms with van der Waals surface area (Å²) in [5.41, 5.74) is 2.10. The molecule has 0 bridgehead atoms. The third kappa shape index (κ3) is 2.86. The van der Waals surface area contributed by atoms with Crippen LogP contribution in [0.25, 0.3) is 0 Å². The summed E-state index contributed by atoms with van der Waals surface area (Å²) < 4.78 is 27.5. The molecule has 5 heteroatoms. The molecule has 1 aliphatic heterocycles. The van der Waals surface area contributed by atoms with Crippen LogP contribution in [0.3, 0.4) is 0 Å². The zero-order chi connectivity index (χ0) is 14.8. The van der Waals surface area contributed by atoms with Crippen LogP contribution in [0.4, 0.5) is 20.2 Å². The molecule has 0 unspecified atom stereocenters. The standard InChI is InChI=1S/C16H14F2N2O/c17-12-4-2-1-3-11(12)9-19-15-8-14-10(7-13(15)18)5-6-16(21)20-14/h1-4,7-8,19H,5-6,9H2,(H,20,21). The molecule has 21 heavy (non-hydrogen) atoms.